The third-order valence-corrected chi connectivity index (χ3v) is 3.08. The highest BCUT2D eigenvalue weighted by Gasteiger charge is 2.07. The van der Waals surface area contributed by atoms with Crippen LogP contribution in [0.15, 0.2) is 67.1 Å². The van der Waals surface area contributed by atoms with Gasteiger partial charge in [-0.3, -0.25) is 4.57 Å². The summed E-state index contributed by atoms with van der Waals surface area (Å²) >= 11 is 0. The van der Waals surface area contributed by atoms with Crippen molar-refractivity contribution in [2.45, 2.75) is 6.92 Å². The second-order valence-electron chi connectivity index (χ2n) is 4.30. The second kappa shape index (κ2) is 4.49. The molecule has 1 aromatic heterocycles. The lowest BCUT2D eigenvalue weighted by Crippen LogP contribution is -1.97. The number of nitrogens with zero attached hydrogens (tertiary/aromatic N) is 2. The minimum atomic E-state index is 1.12. The summed E-state index contributed by atoms with van der Waals surface area (Å²) in [5.74, 6) is 0. The molecule has 0 saturated carbocycles. The van der Waals surface area contributed by atoms with E-state index < -0.39 is 0 Å². The molecule has 0 amide bonds. The van der Waals surface area contributed by atoms with E-state index in [1.54, 1.807) is 0 Å². The number of aromatic nitrogens is 2. The minimum absolute atomic E-state index is 1.12. The lowest BCUT2D eigenvalue weighted by Gasteiger charge is -2.10. The highest BCUT2D eigenvalue weighted by molar-refractivity contribution is 5.62. The van der Waals surface area contributed by atoms with Crippen LogP contribution in [0.4, 0.5) is 0 Å². The van der Waals surface area contributed by atoms with Gasteiger partial charge in [0.25, 0.3) is 0 Å². The summed E-state index contributed by atoms with van der Waals surface area (Å²) in [7, 11) is 0. The molecule has 0 aliphatic carbocycles. The molecule has 3 rings (SSSR count). The molecule has 0 spiro atoms. The first-order valence-electron chi connectivity index (χ1n) is 6.00. The van der Waals surface area contributed by atoms with Gasteiger partial charge in [-0.05, 0) is 18.6 Å². The molecular weight excluding hydrogens is 220 g/mol. The fourth-order valence-corrected chi connectivity index (χ4v) is 2.14. The lowest BCUT2D eigenvalue weighted by atomic mass is 10.1. The molecule has 0 atom stereocenters. The number of rotatable bonds is 2. The summed E-state index contributed by atoms with van der Waals surface area (Å²) in [6.45, 7) is 2.12. The van der Waals surface area contributed by atoms with Crippen molar-refractivity contribution in [3.05, 3.63) is 72.7 Å². The molecule has 0 aliphatic rings. The largest absolute Gasteiger partial charge is 0.299 e. The van der Waals surface area contributed by atoms with Gasteiger partial charge in [-0.15, -0.1) is 0 Å². The van der Waals surface area contributed by atoms with Crippen LogP contribution in [0.1, 0.15) is 5.56 Å². The maximum Gasteiger partial charge on any atom is 0.0997 e. The van der Waals surface area contributed by atoms with Crippen LogP contribution >= 0.6 is 0 Å². The Bertz CT molecular complexity index is 654. The van der Waals surface area contributed by atoms with Crippen molar-refractivity contribution in [3.8, 4) is 16.9 Å². The Kier molecular flexibility index (Phi) is 2.69. The Morgan fingerprint density at radius 2 is 1.61 bits per heavy atom. The van der Waals surface area contributed by atoms with E-state index in [1.807, 2.05) is 30.7 Å². The van der Waals surface area contributed by atoms with Gasteiger partial charge in [-0.2, -0.15) is 0 Å². The molecule has 0 unspecified atom stereocenters. The van der Waals surface area contributed by atoms with Crippen molar-refractivity contribution < 1.29 is 0 Å². The van der Waals surface area contributed by atoms with E-state index in [2.05, 4.69) is 52.9 Å². The number of hydrogen-bond acceptors (Lipinski definition) is 1. The van der Waals surface area contributed by atoms with E-state index in [1.165, 1.54) is 16.8 Å². The zero-order chi connectivity index (χ0) is 12.4. The molecule has 0 saturated heterocycles. The van der Waals surface area contributed by atoms with E-state index in [-0.39, 0.29) is 0 Å². The van der Waals surface area contributed by atoms with Gasteiger partial charge in [0.15, 0.2) is 0 Å². The number of imidazole rings is 1. The van der Waals surface area contributed by atoms with E-state index >= 15 is 0 Å². The summed E-state index contributed by atoms with van der Waals surface area (Å²) in [4.78, 5) is 4.28. The van der Waals surface area contributed by atoms with E-state index in [4.69, 9.17) is 0 Å². The molecule has 88 valence electrons. The van der Waals surface area contributed by atoms with Crippen LogP contribution in [0.3, 0.4) is 0 Å². The first-order valence-corrected chi connectivity index (χ1v) is 6.00. The van der Waals surface area contributed by atoms with Gasteiger partial charge < -0.3 is 0 Å². The molecule has 1 heterocycles. The van der Waals surface area contributed by atoms with Gasteiger partial charge >= 0.3 is 0 Å². The Labute approximate surface area is 107 Å². The smallest absolute Gasteiger partial charge is 0.0997 e. The number of para-hydroxylation sites is 1. The maximum absolute atomic E-state index is 4.28. The topological polar surface area (TPSA) is 17.8 Å². The van der Waals surface area contributed by atoms with Gasteiger partial charge in [0.1, 0.15) is 0 Å². The van der Waals surface area contributed by atoms with E-state index in [0.717, 1.165) is 5.69 Å². The van der Waals surface area contributed by atoms with Crippen molar-refractivity contribution in [2.75, 3.05) is 0 Å². The number of hydrogen-bond donors (Lipinski definition) is 0. The second-order valence-corrected chi connectivity index (χ2v) is 4.30. The third-order valence-electron chi connectivity index (χ3n) is 3.08. The van der Waals surface area contributed by atoms with E-state index in [9.17, 15) is 0 Å². The molecule has 0 fully saturated rings. The predicted molar refractivity (Wildman–Crippen MR) is 73.7 cm³/mol. The van der Waals surface area contributed by atoms with Crippen molar-refractivity contribution in [1.29, 1.82) is 0 Å². The van der Waals surface area contributed by atoms with Crippen LogP contribution in [0.25, 0.3) is 16.9 Å². The van der Waals surface area contributed by atoms with Crippen LogP contribution in [0.2, 0.25) is 0 Å². The minimum Gasteiger partial charge on any atom is -0.299 e. The van der Waals surface area contributed by atoms with Crippen molar-refractivity contribution >= 4 is 0 Å². The normalized spacial score (nSPS) is 10.5. The first kappa shape index (κ1) is 10.8. The Morgan fingerprint density at radius 1 is 0.889 bits per heavy atom. The van der Waals surface area contributed by atoms with Crippen molar-refractivity contribution in [3.63, 3.8) is 0 Å². The van der Waals surface area contributed by atoms with Gasteiger partial charge in [0.2, 0.25) is 0 Å². The molecule has 0 radical (unpaired) electrons. The lowest BCUT2D eigenvalue weighted by molar-refractivity contribution is 1.05. The highest BCUT2D eigenvalue weighted by Crippen LogP contribution is 2.23. The zero-order valence-electron chi connectivity index (χ0n) is 10.2. The van der Waals surface area contributed by atoms with Gasteiger partial charge in [-0.25, -0.2) is 4.98 Å². The van der Waals surface area contributed by atoms with Crippen molar-refractivity contribution in [1.82, 2.24) is 9.55 Å². The Morgan fingerprint density at radius 3 is 2.39 bits per heavy atom. The monoisotopic (exact) mass is 234 g/mol. The SMILES string of the molecule is Cc1ccccc1-n1cncc1-c1ccccc1. The van der Waals surface area contributed by atoms with Gasteiger partial charge in [0, 0.05) is 5.56 Å². The highest BCUT2D eigenvalue weighted by atomic mass is 15.1. The molecule has 0 N–H and O–H groups in total. The summed E-state index contributed by atoms with van der Waals surface area (Å²) in [6, 6.07) is 18.7. The predicted octanol–water partition coefficient (Wildman–Crippen LogP) is 3.85. The molecule has 2 aromatic carbocycles. The molecule has 0 bridgehead atoms. The zero-order valence-corrected chi connectivity index (χ0v) is 10.2. The number of benzene rings is 2. The average molecular weight is 234 g/mol. The Hall–Kier alpha value is -2.35. The van der Waals surface area contributed by atoms with Crippen LogP contribution in [0.5, 0.6) is 0 Å². The summed E-state index contributed by atoms with van der Waals surface area (Å²) in [6.07, 6.45) is 3.77. The van der Waals surface area contributed by atoms with Crippen molar-refractivity contribution in [2.24, 2.45) is 0 Å². The van der Waals surface area contributed by atoms with E-state index in [0.29, 0.717) is 0 Å². The quantitative estimate of drug-likeness (QED) is 0.658. The van der Waals surface area contributed by atoms with Crippen LogP contribution in [-0.2, 0) is 0 Å². The summed E-state index contributed by atoms with van der Waals surface area (Å²) in [5, 5.41) is 0. The van der Waals surface area contributed by atoms with Crippen LogP contribution in [-0.4, -0.2) is 9.55 Å². The molecule has 2 heteroatoms. The van der Waals surface area contributed by atoms with Gasteiger partial charge in [-0.1, -0.05) is 48.5 Å². The fraction of sp³-hybridized carbons (Fsp3) is 0.0625. The van der Waals surface area contributed by atoms with Gasteiger partial charge in [0.05, 0.1) is 23.9 Å². The number of aryl methyl sites for hydroxylation is 1. The molecule has 2 nitrogen and oxygen atoms in total. The Balaban J connectivity index is 2.16. The molecule has 18 heavy (non-hydrogen) atoms. The summed E-state index contributed by atoms with van der Waals surface area (Å²) in [5.41, 5.74) is 4.71. The van der Waals surface area contributed by atoms with Crippen LogP contribution < -0.4 is 0 Å². The molecular formula is C16H14N2. The molecule has 0 aliphatic heterocycles. The van der Waals surface area contributed by atoms with Crippen LogP contribution in [0, 0.1) is 6.92 Å². The molecule has 3 aromatic rings. The average Bonchev–Trinajstić information content (AvgIpc) is 2.89. The third kappa shape index (κ3) is 1.82. The maximum atomic E-state index is 4.28. The fourth-order valence-electron chi connectivity index (χ4n) is 2.14. The standard InChI is InChI=1S/C16H14N2/c1-13-7-5-6-10-15(13)18-12-17-11-16(18)14-8-3-2-4-9-14/h2-12H,1H3. The summed E-state index contributed by atoms with van der Waals surface area (Å²) < 4.78 is 2.13. The first-order chi connectivity index (χ1) is 8.86.